The van der Waals surface area contributed by atoms with Gasteiger partial charge in [-0.25, -0.2) is 14.6 Å². The SMILES string of the molecule is O=c1c2cc(Br)cnc2ncn1Cc1cn(Cc2ccccc2)nn1. The van der Waals surface area contributed by atoms with Crippen LogP contribution in [0.4, 0.5) is 0 Å². The fraction of sp³-hybridized carbons (Fsp3) is 0.118. The van der Waals surface area contributed by atoms with Gasteiger partial charge in [0.05, 0.1) is 24.7 Å². The largest absolute Gasteiger partial charge is 0.292 e. The summed E-state index contributed by atoms with van der Waals surface area (Å²) in [5.74, 6) is 0. The summed E-state index contributed by atoms with van der Waals surface area (Å²) in [7, 11) is 0. The molecule has 124 valence electrons. The highest BCUT2D eigenvalue weighted by atomic mass is 79.9. The summed E-state index contributed by atoms with van der Waals surface area (Å²) in [6, 6.07) is 11.7. The van der Waals surface area contributed by atoms with Gasteiger partial charge in [0.15, 0.2) is 5.65 Å². The fourth-order valence-electron chi connectivity index (χ4n) is 2.57. The topological polar surface area (TPSA) is 78.5 Å². The predicted octanol–water partition coefficient (Wildman–Crippen LogP) is 2.24. The van der Waals surface area contributed by atoms with E-state index in [-0.39, 0.29) is 5.56 Å². The molecule has 4 rings (SSSR count). The van der Waals surface area contributed by atoms with Crippen LogP contribution in [0.5, 0.6) is 0 Å². The third kappa shape index (κ3) is 3.34. The molecule has 3 heterocycles. The maximum atomic E-state index is 12.6. The molecule has 0 saturated heterocycles. The van der Waals surface area contributed by atoms with E-state index in [2.05, 4.69) is 36.2 Å². The van der Waals surface area contributed by atoms with Gasteiger partial charge in [-0.05, 0) is 27.6 Å². The Balaban J connectivity index is 1.59. The third-order valence-electron chi connectivity index (χ3n) is 3.75. The van der Waals surface area contributed by atoms with Crippen molar-refractivity contribution >= 4 is 27.0 Å². The number of fused-ring (bicyclic) bond motifs is 1. The maximum Gasteiger partial charge on any atom is 0.263 e. The van der Waals surface area contributed by atoms with Crippen molar-refractivity contribution in [1.29, 1.82) is 0 Å². The van der Waals surface area contributed by atoms with Gasteiger partial charge in [-0.1, -0.05) is 35.5 Å². The number of halogens is 1. The number of benzene rings is 1. The van der Waals surface area contributed by atoms with E-state index in [9.17, 15) is 4.79 Å². The molecule has 7 nitrogen and oxygen atoms in total. The number of hydrogen-bond acceptors (Lipinski definition) is 5. The van der Waals surface area contributed by atoms with Crippen LogP contribution in [0.1, 0.15) is 11.3 Å². The molecule has 8 heteroatoms. The molecule has 0 bridgehead atoms. The van der Waals surface area contributed by atoms with E-state index in [1.165, 1.54) is 10.9 Å². The van der Waals surface area contributed by atoms with Crippen LogP contribution in [0, 0.1) is 0 Å². The van der Waals surface area contributed by atoms with Crippen molar-refractivity contribution in [3.05, 3.63) is 81.2 Å². The Labute approximate surface area is 151 Å². The van der Waals surface area contributed by atoms with E-state index >= 15 is 0 Å². The van der Waals surface area contributed by atoms with E-state index in [4.69, 9.17) is 0 Å². The maximum absolute atomic E-state index is 12.6. The van der Waals surface area contributed by atoms with Gasteiger partial charge in [0.25, 0.3) is 5.56 Å². The number of nitrogens with zero attached hydrogens (tertiary/aromatic N) is 6. The summed E-state index contributed by atoms with van der Waals surface area (Å²) >= 11 is 3.33. The van der Waals surface area contributed by atoms with Crippen LogP contribution >= 0.6 is 15.9 Å². The van der Waals surface area contributed by atoms with E-state index in [1.54, 1.807) is 16.9 Å². The first-order valence-electron chi connectivity index (χ1n) is 7.63. The Morgan fingerprint density at radius 1 is 1.08 bits per heavy atom. The van der Waals surface area contributed by atoms with Crippen LogP contribution in [0.3, 0.4) is 0 Å². The van der Waals surface area contributed by atoms with Crippen molar-refractivity contribution in [3.63, 3.8) is 0 Å². The number of aromatic nitrogens is 6. The van der Waals surface area contributed by atoms with Gasteiger partial charge in [0, 0.05) is 10.7 Å². The molecular weight excluding hydrogens is 384 g/mol. The molecule has 4 aromatic rings. The smallest absolute Gasteiger partial charge is 0.263 e. The van der Waals surface area contributed by atoms with Crippen LogP contribution in [0.2, 0.25) is 0 Å². The highest BCUT2D eigenvalue weighted by molar-refractivity contribution is 9.10. The molecule has 0 spiro atoms. The molecule has 0 aliphatic rings. The van der Waals surface area contributed by atoms with Gasteiger partial charge in [-0.3, -0.25) is 9.36 Å². The summed E-state index contributed by atoms with van der Waals surface area (Å²) in [6.07, 6.45) is 4.94. The summed E-state index contributed by atoms with van der Waals surface area (Å²) in [5, 5.41) is 8.74. The van der Waals surface area contributed by atoms with Crippen molar-refractivity contribution in [2.45, 2.75) is 13.1 Å². The lowest BCUT2D eigenvalue weighted by molar-refractivity contribution is 0.648. The van der Waals surface area contributed by atoms with E-state index < -0.39 is 0 Å². The molecular formula is C17H13BrN6O. The van der Waals surface area contributed by atoms with Crippen molar-refractivity contribution < 1.29 is 0 Å². The first kappa shape index (κ1) is 15.6. The second-order valence-electron chi connectivity index (χ2n) is 5.60. The summed E-state index contributed by atoms with van der Waals surface area (Å²) in [4.78, 5) is 21.0. The van der Waals surface area contributed by atoms with Gasteiger partial charge in [0.1, 0.15) is 12.0 Å². The van der Waals surface area contributed by atoms with Gasteiger partial charge in [0.2, 0.25) is 0 Å². The zero-order valence-corrected chi connectivity index (χ0v) is 14.7. The van der Waals surface area contributed by atoms with Crippen LogP contribution in [0.25, 0.3) is 11.0 Å². The summed E-state index contributed by atoms with van der Waals surface area (Å²) in [5.41, 5.74) is 2.11. The van der Waals surface area contributed by atoms with E-state index in [0.717, 1.165) is 10.0 Å². The minimum atomic E-state index is -0.156. The molecule has 25 heavy (non-hydrogen) atoms. The zero-order chi connectivity index (χ0) is 17.2. The number of hydrogen-bond donors (Lipinski definition) is 0. The normalized spacial score (nSPS) is 11.1. The summed E-state index contributed by atoms with van der Waals surface area (Å²) in [6.45, 7) is 0.943. The first-order valence-corrected chi connectivity index (χ1v) is 8.42. The Hall–Kier alpha value is -2.87. The van der Waals surface area contributed by atoms with Crippen LogP contribution in [0.15, 0.2) is 64.4 Å². The Morgan fingerprint density at radius 2 is 1.92 bits per heavy atom. The summed E-state index contributed by atoms with van der Waals surface area (Å²) < 4.78 is 4.00. The Morgan fingerprint density at radius 3 is 2.76 bits per heavy atom. The molecule has 0 aliphatic heterocycles. The predicted molar refractivity (Wildman–Crippen MR) is 96.2 cm³/mol. The molecule has 0 unspecified atom stereocenters. The quantitative estimate of drug-likeness (QED) is 0.528. The lowest BCUT2D eigenvalue weighted by Crippen LogP contribution is -2.21. The molecule has 3 aromatic heterocycles. The van der Waals surface area contributed by atoms with Crippen LogP contribution < -0.4 is 5.56 Å². The lowest BCUT2D eigenvalue weighted by atomic mass is 10.2. The third-order valence-corrected chi connectivity index (χ3v) is 4.18. The van der Waals surface area contributed by atoms with Crippen molar-refractivity contribution in [3.8, 4) is 0 Å². The Bertz CT molecular complexity index is 1090. The zero-order valence-electron chi connectivity index (χ0n) is 13.1. The highest BCUT2D eigenvalue weighted by Gasteiger charge is 2.08. The van der Waals surface area contributed by atoms with Crippen molar-refractivity contribution in [2.75, 3.05) is 0 Å². The molecule has 1 aromatic carbocycles. The molecule has 0 atom stereocenters. The molecule has 0 N–H and O–H groups in total. The van der Waals surface area contributed by atoms with Crippen molar-refractivity contribution in [1.82, 2.24) is 29.5 Å². The lowest BCUT2D eigenvalue weighted by Gasteiger charge is -2.04. The first-order chi connectivity index (χ1) is 12.2. The minimum absolute atomic E-state index is 0.156. The molecule has 0 saturated carbocycles. The van der Waals surface area contributed by atoms with Crippen LogP contribution in [-0.4, -0.2) is 29.5 Å². The highest BCUT2D eigenvalue weighted by Crippen LogP contribution is 2.12. The van der Waals surface area contributed by atoms with Crippen LogP contribution in [-0.2, 0) is 13.1 Å². The van der Waals surface area contributed by atoms with Gasteiger partial charge < -0.3 is 0 Å². The Kier molecular flexibility index (Phi) is 4.10. The average molecular weight is 397 g/mol. The van der Waals surface area contributed by atoms with Gasteiger partial charge in [-0.2, -0.15) is 0 Å². The monoisotopic (exact) mass is 396 g/mol. The molecule has 0 aliphatic carbocycles. The van der Waals surface area contributed by atoms with E-state index in [0.29, 0.717) is 29.8 Å². The molecule has 0 amide bonds. The number of pyridine rings is 1. The molecule has 0 fully saturated rings. The minimum Gasteiger partial charge on any atom is -0.292 e. The second kappa shape index (κ2) is 6.56. The average Bonchev–Trinajstić information content (AvgIpc) is 3.06. The van der Waals surface area contributed by atoms with Gasteiger partial charge in [-0.15, -0.1) is 5.10 Å². The van der Waals surface area contributed by atoms with Gasteiger partial charge >= 0.3 is 0 Å². The second-order valence-corrected chi connectivity index (χ2v) is 6.51. The van der Waals surface area contributed by atoms with Crippen molar-refractivity contribution in [2.24, 2.45) is 0 Å². The van der Waals surface area contributed by atoms with E-state index in [1.807, 2.05) is 36.5 Å². The number of rotatable bonds is 4. The standard InChI is InChI=1S/C17H13BrN6O/c18-13-6-15-16(19-7-13)20-11-23(17(15)25)9-14-10-24(22-21-14)8-12-4-2-1-3-5-12/h1-7,10-11H,8-9H2. The fourth-order valence-corrected chi connectivity index (χ4v) is 2.90. The molecule has 0 radical (unpaired) electrons.